The number of aliphatic hydroxyl groups excluding tert-OH is 1. The fourth-order valence-electron chi connectivity index (χ4n) is 4.10. The third-order valence-electron chi connectivity index (χ3n) is 5.77. The van der Waals surface area contributed by atoms with Crippen LogP contribution in [0.3, 0.4) is 0 Å². The van der Waals surface area contributed by atoms with Gasteiger partial charge in [-0.15, -0.1) is 0 Å². The van der Waals surface area contributed by atoms with Gasteiger partial charge in [0.25, 0.3) is 0 Å². The standard InChI is InChI=1S/C14H26N2O2.C7H16/c1-2-3-5-11(10-17)18-13(15)14-7-4-6-12(14)16-9-8-14;1-3-5-7-6-4-2/h11-12,15-17H,2-10H2,1H3;3-7H2,1-2H3/t11?,12?,14-;/m0./s1. The first-order chi connectivity index (χ1) is 12.1. The Bertz CT molecular complexity index is 346. The molecule has 2 aliphatic rings. The summed E-state index contributed by atoms with van der Waals surface area (Å²) in [6, 6.07) is 0.426. The van der Waals surface area contributed by atoms with E-state index in [0.29, 0.717) is 11.9 Å². The molecular weight excluding hydrogens is 312 g/mol. The van der Waals surface area contributed by atoms with Crippen LogP contribution in [0.15, 0.2) is 0 Å². The summed E-state index contributed by atoms with van der Waals surface area (Å²) in [6.45, 7) is 7.64. The van der Waals surface area contributed by atoms with Crippen LogP contribution in [0.1, 0.15) is 97.8 Å². The second-order valence-corrected chi connectivity index (χ2v) is 7.76. The average Bonchev–Trinajstić information content (AvgIpc) is 3.20. The first-order valence-electron chi connectivity index (χ1n) is 10.7. The largest absolute Gasteiger partial charge is 0.475 e. The lowest BCUT2D eigenvalue weighted by atomic mass is 9.82. The lowest BCUT2D eigenvalue weighted by Gasteiger charge is -2.31. The van der Waals surface area contributed by atoms with E-state index in [2.05, 4.69) is 26.1 Å². The summed E-state index contributed by atoms with van der Waals surface area (Å²) in [6.07, 6.45) is 14.2. The number of nitrogens with one attached hydrogen (secondary N) is 2. The lowest BCUT2D eigenvalue weighted by Crippen LogP contribution is -2.41. The molecule has 25 heavy (non-hydrogen) atoms. The smallest absolute Gasteiger partial charge is 0.188 e. The van der Waals surface area contributed by atoms with E-state index in [4.69, 9.17) is 10.1 Å². The minimum Gasteiger partial charge on any atom is -0.475 e. The van der Waals surface area contributed by atoms with E-state index in [1.165, 1.54) is 38.5 Å². The summed E-state index contributed by atoms with van der Waals surface area (Å²) in [5.41, 5.74) is -0.0698. The quantitative estimate of drug-likeness (QED) is 0.292. The maximum atomic E-state index is 9.35. The Hall–Kier alpha value is -0.610. The van der Waals surface area contributed by atoms with Crippen LogP contribution in [0.25, 0.3) is 0 Å². The van der Waals surface area contributed by atoms with Gasteiger partial charge in [-0.2, -0.15) is 0 Å². The highest BCUT2D eigenvalue weighted by Crippen LogP contribution is 2.45. The number of aliphatic hydroxyl groups is 1. The van der Waals surface area contributed by atoms with Gasteiger partial charge >= 0.3 is 0 Å². The van der Waals surface area contributed by atoms with Crippen molar-refractivity contribution in [2.24, 2.45) is 5.41 Å². The molecule has 4 nitrogen and oxygen atoms in total. The molecule has 1 saturated carbocycles. The summed E-state index contributed by atoms with van der Waals surface area (Å²) in [5.74, 6) is 0.421. The monoisotopic (exact) mass is 354 g/mol. The summed E-state index contributed by atoms with van der Waals surface area (Å²) in [4.78, 5) is 0. The normalized spacial score (nSPS) is 25.8. The van der Waals surface area contributed by atoms with Crippen molar-refractivity contribution in [3.63, 3.8) is 0 Å². The topological polar surface area (TPSA) is 65.3 Å². The van der Waals surface area contributed by atoms with Crippen molar-refractivity contribution in [1.29, 1.82) is 5.41 Å². The summed E-state index contributed by atoms with van der Waals surface area (Å²) < 4.78 is 5.78. The summed E-state index contributed by atoms with van der Waals surface area (Å²) in [7, 11) is 0. The number of unbranched alkanes of at least 4 members (excludes halogenated alkanes) is 5. The van der Waals surface area contributed by atoms with Crippen molar-refractivity contribution in [2.45, 2.75) is 110 Å². The Morgan fingerprint density at radius 3 is 2.40 bits per heavy atom. The van der Waals surface area contributed by atoms with Gasteiger partial charge in [-0.25, -0.2) is 0 Å². The number of hydrogen-bond acceptors (Lipinski definition) is 4. The third-order valence-corrected chi connectivity index (χ3v) is 5.77. The van der Waals surface area contributed by atoms with Crippen molar-refractivity contribution in [3.8, 4) is 0 Å². The first kappa shape index (κ1) is 22.4. The van der Waals surface area contributed by atoms with Gasteiger partial charge < -0.3 is 15.2 Å². The molecule has 3 N–H and O–H groups in total. The molecule has 4 heteroatoms. The third kappa shape index (κ3) is 6.90. The maximum absolute atomic E-state index is 9.35. The van der Waals surface area contributed by atoms with E-state index in [1.54, 1.807) is 0 Å². The van der Waals surface area contributed by atoms with Crippen LogP contribution in [-0.2, 0) is 4.74 Å². The first-order valence-corrected chi connectivity index (χ1v) is 10.7. The van der Waals surface area contributed by atoms with Crippen LogP contribution in [0.5, 0.6) is 0 Å². The minimum absolute atomic E-state index is 0.0244. The van der Waals surface area contributed by atoms with Crippen LogP contribution in [0, 0.1) is 10.8 Å². The number of fused-ring (bicyclic) bond motifs is 1. The van der Waals surface area contributed by atoms with E-state index < -0.39 is 0 Å². The van der Waals surface area contributed by atoms with Gasteiger partial charge in [-0.3, -0.25) is 5.41 Å². The molecule has 0 aromatic carbocycles. The molecule has 1 aliphatic heterocycles. The van der Waals surface area contributed by atoms with Gasteiger partial charge in [0.15, 0.2) is 5.90 Å². The summed E-state index contributed by atoms with van der Waals surface area (Å²) in [5, 5.41) is 21.1. The number of ether oxygens (including phenoxy) is 1. The minimum atomic E-state index is -0.186. The van der Waals surface area contributed by atoms with Crippen LogP contribution in [0.4, 0.5) is 0 Å². The zero-order chi connectivity index (χ0) is 18.5. The van der Waals surface area contributed by atoms with Crippen LogP contribution in [0.2, 0.25) is 0 Å². The maximum Gasteiger partial charge on any atom is 0.188 e. The van der Waals surface area contributed by atoms with Gasteiger partial charge in [-0.05, 0) is 38.6 Å². The van der Waals surface area contributed by atoms with Gasteiger partial charge in [0, 0.05) is 6.04 Å². The molecule has 2 unspecified atom stereocenters. The predicted molar refractivity (Wildman–Crippen MR) is 106 cm³/mol. The van der Waals surface area contributed by atoms with E-state index in [9.17, 15) is 5.11 Å². The van der Waals surface area contributed by atoms with Gasteiger partial charge in [0.2, 0.25) is 0 Å². The van der Waals surface area contributed by atoms with Gasteiger partial charge in [0.05, 0.1) is 12.0 Å². The second-order valence-electron chi connectivity index (χ2n) is 7.76. The van der Waals surface area contributed by atoms with Crippen LogP contribution >= 0.6 is 0 Å². The second kappa shape index (κ2) is 12.7. The van der Waals surface area contributed by atoms with Crippen LogP contribution < -0.4 is 5.32 Å². The Kier molecular flexibility index (Phi) is 11.4. The SMILES string of the molecule is CCCCC(CO)OC(=N)[C@]12CCCC1NCC2.CCCCCCC. The van der Waals surface area contributed by atoms with Crippen molar-refractivity contribution in [2.75, 3.05) is 13.2 Å². The predicted octanol–water partition coefficient (Wildman–Crippen LogP) is 5.04. The highest BCUT2D eigenvalue weighted by atomic mass is 16.5. The molecule has 2 rings (SSSR count). The zero-order valence-electron chi connectivity index (χ0n) is 16.9. The van der Waals surface area contributed by atoms with Crippen molar-refractivity contribution < 1.29 is 9.84 Å². The molecule has 3 atom stereocenters. The molecule has 148 valence electrons. The molecule has 0 spiro atoms. The Balaban J connectivity index is 0.000000381. The highest BCUT2D eigenvalue weighted by molar-refractivity contribution is 5.81. The summed E-state index contributed by atoms with van der Waals surface area (Å²) >= 11 is 0. The highest BCUT2D eigenvalue weighted by Gasteiger charge is 2.51. The molecular formula is C21H42N2O2. The van der Waals surface area contributed by atoms with E-state index in [-0.39, 0.29) is 18.1 Å². The molecule has 0 aromatic rings. The molecule has 0 bridgehead atoms. The molecule has 1 saturated heterocycles. The zero-order valence-corrected chi connectivity index (χ0v) is 16.9. The Labute approximate surface area is 155 Å². The number of rotatable bonds is 10. The molecule has 1 aliphatic carbocycles. The Morgan fingerprint density at radius 1 is 1.12 bits per heavy atom. The molecule has 2 fully saturated rings. The molecule has 1 heterocycles. The molecule has 0 aromatic heterocycles. The Morgan fingerprint density at radius 2 is 1.80 bits per heavy atom. The molecule has 0 amide bonds. The van der Waals surface area contributed by atoms with E-state index in [1.807, 2.05) is 0 Å². The average molecular weight is 355 g/mol. The number of hydrogen-bond donors (Lipinski definition) is 3. The van der Waals surface area contributed by atoms with Gasteiger partial charge in [0.1, 0.15) is 6.10 Å². The van der Waals surface area contributed by atoms with E-state index >= 15 is 0 Å². The van der Waals surface area contributed by atoms with Crippen molar-refractivity contribution in [3.05, 3.63) is 0 Å². The fourth-order valence-corrected chi connectivity index (χ4v) is 4.10. The van der Waals surface area contributed by atoms with E-state index in [0.717, 1.165) is 45.1 Å². The van der Waals surface area contributed by atoms with Crippen LogP contribution in [-0.4, -0.2) is 36.3 Å². The van der Waals surface area contributed by atoms with Gasteiger partial charge in [-0.1, -0.05) is 65.7 Å². The van der Waals surface area contributed by atoms with Crippen molar-refractivity contribution >= 4 is 5.90 Å². The van der Waals surface area contributed by atoms with Crippen molar-refractivity contribution in [1.82, 2.24) is 5.32 Å². The molecule has 0 radical (unpaired) electrons. The lowest BCUT2D eigenvalue weighted by molar-refractivity contribution is 0.0789. The fraction of sp³-hybridized carbons (Fsp3) is 0.952.